The summed E-state index contributed by atoms with van der Waals surface area (Å²) in [5.74, 6) is -0.541. The minimum Gasteiger partial charge on any atom is -0.331 e. The van der Waals surface area contributed by atoms with Gasteiger partial charge in [-0.3, -0.25) is 0 Å². The Hall–Kier alpha value is -3.44. The second kappa shape index (κ2) is 8.06. The quantitative estimate of drug-likeness (QED) is 0.275. The highest BCUT2D eigenvalue weighted by atomic mass is 35.5. The van der Waals surface area contributed by atoms with Crippen molar-refractivity contribution in [3.8, 4) is 0 Å². The normalized spacial score (nSPS) is 11.5. The van der Waals surface area contributed by atoms with E-state index in [2.05, 4.69) is 10.1 Å². The van der Waals surface area contributed by atoms with Crippen molar-refractivity contribution in [3.63, 3.8) is 0 Å². The number of carbonyl (C=O) groups excluding carboxylic acids is 1. The van der Waals surface area contributed by atoms with E-state index in [0.29, 0.717) is 22.8 Å². The zero-order valence-electron chi connectivity index (χ0n) is 14.8. The number of benzene rings is 3. The van der Waals surface area contributed by atoms with Crippen molar-refractivity contribution in [2.45, 2.75) is 6.54 Å². The molecule has 4 aromatic rings. The van der Waals surface area contributed by atoms with Gasteiger partial charge in [-0.05, 0) is 41.1 Å². The van der Waals surface area contributed by atoms with Crippen molar-refractivity contribution in [3.05, 3.63) is 102 Å². The third-order valence-electron chi connectivity index (χ3n) is 4.29. The molecular formula is C22H16ClN3O2. The molecule has 0 fully saturated rings. The van der Waals surface area contributed by atoms with Crippen molar-refractivity contribution in [1.82, 2.24) is 9.55 Å². The molecule has 0 amide bonds. The Kier molecular flexibility index (Phi) is 5.17. The Labute approximate surface area is 166 Å². The number of nitrogens with zero attached hydrogens (tertiary/aromatic N) is 3. The zero-order valence-corrected chi connectivity index (χ0v) is 15.6. The second-order valence-corrected chi connectivity index (χ2v) is 6.66. The Morgan fingerprint density at radius 3 is 2.50 bits per heavy atom. The largest absolute Gasteiger partial charge is 0.365 e. The lowest BCUT2D eigenvalue weighted by Gasteiger charge is -2.09. The van der Waals surface area contributed by atoms with Gasteiger partial charge in [0.05, 0.1) is 18.4 Å². The Bertz CT molecular complexity index is 1140. The van der Waals surface area contributed by atoms with Crippen molar-refractivity contribution < 1.29 is 9.63 Å². The molecule has 0 N–H and O–H groups in total. The lowest BCUT2D eigenvalue weighted by Crippen LogP contribution is -2.13. The first-order chi connectivity index (χ1) is 13.7. The number of fused-ring (bicyclic) bond motifs is 1. The Balaban J connectivity index is 1.64. The summed E-state index contributed by atoms with van der Waals surface area (Å²) in [6.45, 7) is 0.423. The summed E-state index contributed by atoms with van der Waals surface area (Å²) in [6.07, 6.45) is 5.22. The highest BCUT2D eigenvalue weighted by molar-refractivity contribution is 6.30. The van der Waals surface area contributed by atoms with Crippen LogP contribution in [-0.2, 0) is 11.4 Å². The van der Waals surface area contributed by atoms with Crippen molar-refractivity contribution in [2.24, 2.45) is 5.16 Å². The van der Waals surface area contributed by atoms with E-state index in [4.69, 9.17) is 16.4 Å². The van der Waals surface area contributed by atoms with Crippen LogP contribution in [-0.4, -0.2) is 21.2 Å². The number of hydrogen-bond donors (Lipinski definition) is 0. The van der Waals surface area contributed by atoms with Gasteiger partial charge in [0, 0.05) is 23.0 Å². The second-order valence-electron chi connectivity index (χ2n) is 6.22. The molecule has 0 saturated heterocycles. The van der Waals surface area contributed by atoms with Crippen LogP contribution in [0.25, 0.3) is 10.8 Å². The van der Waals surface area contributed by atoms with E-state index in [1.807, 2.05) is 53.2 Å². The highest BCUT2D eigenvalue weighted by Crippen LogP contribution is 2.17. The van der Waals surface area contributed by atoms with Crippen molar-refractivity contribution in [1.29, 1.82) is 0 Å². The van der Waals surface area contributed by atoms with Crippen LogP contribution >= 0.6 is 11.6 Å². The van der Waals surface area contributed by atoms with E-state index in [1.165, 1.54) is 0 Å². The molecule has 0 aliphatic rings. The molecule has 28 heavy (non-hydrogen) atoms. The molecule has 0 radical (unpaired) electrons. The van der Waals surface area contributed by atoms with Gasteiger partial charge >= 0.3 is 5.97 Å². The molecule has 0 aliphatic heterocycles. The summed E-state index contributed by atoms with van der Waals surface area (Å²) in [6, 6.07) is 20.6. The fraction of sp³-hybridized carbons (Fsp3) is 0.0455. The predicted molar refractivity (Wildman–Crippen MR) is 110 cm³/mol. The van der Waals surface area contributed by atoms with Crippen LogP contribution in [0.4, 0.5) is 0 Å². The Morgan fingerprint density at radius 2 is 1.75 bits per heavy atom. The van der Waals surface area contributed by atoms with Crippen LogP contribution < -0.4 is 0 Å². The average Bonchev–Trinajstić information content (AvgIpc) is 3.24. The van der Waals surface area contributed by atoms with Crippen LogP contribution in [0.15, 0.2) is 90.6 Å². The molecular weight excluding hydrogens is 374 g/mol. The number of aromatic nitrogens is 2. The van der Waals surface area contributed by atoms with Gasteiger partial charge in [0.25, 0.3) is 0 Å². The molecule has 6 heteroatoms. The molecule has 138 valence electrons. The van der Waals surface area contributed by atoms with Gasteiger partial charge < -0.3 is 9.40 Å². The van der Waals surface area contributed by atoms with Gasteiger partial charge in [0.2, 0.25) is 0 Å². The number of hydrogen-bond acceptors (Lipinski definition) is 4. The molecule has 3 aromatic carbocycles. The molecule has 4 rings (SSSR count). The summed E-state index contributed by atoms with van der Waals surface area (Å²) in [7, 11) is 0. The zero-order chi connectivity index (χ0) is 19.3. The highest BCUT2D eigenvalue weighted by Gasteiger charge is 2.11. The predicted octanol–water partition coefficient (Wildman–Crippen LogP) is 4.95. The first-order valence-corrected chi connectivity index (χ1v) is 9.05. The standard InChI is InChI=1S/C22H16ClN3O2/c23-20-9-7-17(8-10-20)22(27)28-25-21(14-26-12-11-24-15-26)19-6-5-16-3-1-2-4-18(16)13-19/h1-13,15H,14H2/b25-21-. The summed E-state index contributed by atoms with van der Waals surface area (Å²) in [5, 5.41) is 6.93. The minimum absolute atomic E-state index is 0.383. The SMILES string of the molecule is O=C(O/N=C(/Cn1ccnc1)c1ccc2ccccc2c1)c1ccc(Cl)cc1. The molecule has 1 heterocycles. The Morgan fingerprint density at radius 1 is 1.00 bits per heavy atom. The monoisotopic (exact) mass is 389 g/mol. The van der Waals surface area contributed by atoms with Gasteiger partial charge in [0.15, 0.2) is 0 Å². The molecule has 0 saturated carbocycles. The van der Waals surface area contributed by atoms with Gasteiger partial charge in [-0.1, -0.05) is 53.2 Å². The fourth-order valence-electron chi connectivity index (χ4n) is 2.83. The number of imidazole rings is 1. The van der Waals surface area contributed by atoms with Crippen LogP contribution in [0.1, 0.15) is 15.9 Å². The first-order valence-electron chi connectivity index (χ1n) is 8.68. The van der Waals surface area contributed by atoms with E-state index in [1.54, 1.807) is 36.8 Å². The summed E-state index contributed by atoms with van der Waals surface area (Å²) >= 11 is 5.86. The van der Waals surface area contributed by atoms with E-state index < -0.39 is 5.97 Å². The minimum atomic E-state index is -0.541. The molecule has 1 aromatic heterocycles. The molecule has 0 aliphatic carbocycles. The van der Waals surface area contributed by atoms with Crippen LogP contribution in [0.2, 0.25) is 5.02 Å². The van der Waals surface area contributed by atoms with Gasteiger partial charge in [-0.25, -0.2) is 9.78 Å². The van der Waals surface area contributed by atoms with Gasteiger partial charge in [0.1, 0.15) is 5.71 Å². The van der Waals surface area contributed by atoms with Crippen LogP contribution in [0.3, 0.4) is 0 Å². The first kappa shape index (κ1) is 17.9. The van der Waals surface area contributed by atoms with Crippen molar-refractivity contribution >= 4 is 34.1 Å². The lowest BCUT2D eigenvalue weighted by molar-refractivity contribution is 0.0515. The summed E-state index contributed by atoms with van der Waals surface area (Å²) in [5.41, 5.74) is 1.87. The van der Waals surface area contributed by atoms with E-state index >= 15 is 0 Å². The number of halogens is 1. The van der Waals surface area contributed by atoms with Crippen LogP contribution in [0, 0.1) is 0 Å². The molecule has 0 unspecified atom stereocenters. The average molecular weight is 390 g/mol. The third-order valence-corrected chi connectivity index (χ3v) is 4.54. The molecule has 0 atom stereocenters. The maximum atomic E-state index is 12.3. The fourth-order valence-corrected chi connectivity index (χ4v) is 2.96. The summed E-state index contributed by atoms with van der Waals surface area (Å²) in [4.78, 5) is 21.6. The summed E-state index contributed by atoms with van der Waals surface area (Å²) < 4.78 is 1.87. The lowest BCUT2D eigenvalue weighted by atomic mass is 10.0. The van der Waals surface area contributed by atoms with Gasteiger partial charge in [-0.2, -0.15) is 0 Å². The van der Waals surface area contributed by atoms with E-state index in [9.17, 15) is 4.79 Å². The maximum absolute atomic E-state index is 12.3. The van der Waals surface area contributed by atoms with E-state index in [-0.39, 0.29) is 0 Å². The smallest absolute Gasteiger partial charge is 0.331 e. The van der Waals surface area contributed by atoms with E-state index in [0.717, 1.165) is 16.3 Å². The van der Waals surface area contributed by atoms with Gasteiger partial charge in [-0.15, -0.1) is 0 Å². The van der Waals surface area contributed by atoms with Crippen LogP contribution in [0.5, 0.6) is 0 Å². The number of oxime groups is 1. The third kappa shape index (κ3) is 4.10. The number of carbonyl (C=O) groups is 1. The van der Waals surface area contributed by atoms with Crippen molar-refractivity contribution in [2.75, 3.05) is 0 Å². The topological polar surface area (TPSA) is 56.5 Å². The molecule has 0 bridgehead atoms. The maximum Gasteiger partial charge on any atom is 0.365 e. The number of rotatable bonds is 5. The molecule has 0 spiro atoms. The molecule has 5 nitrogen and oxygen atoms in total.